The van der Waals surface area contributed by atoms with Gasteiger partial charge in [0.15, 0.2) is 5.96 Å². The molecule has 2 unspecified atom stereocenters. The lowest BCUT2D eigenvalue weighted by atomic mass is 9.90. The number of nitrogens with two attached hydrogens (primary N) is 2. The molecule has 0 bridgehead atoms. The molecule has 1 aromatic carbocycles. The van der Waals surface area contributed by atoms with E-state index in [9.17, 15) is 4.79 Å². The van der Waals surface area contributed by atoms with Gasteiger partial charge >= 0.3 is 0 Å². The minimum atomic E-state index is -0.270. The number of aromatic nitrogens is 2. The van der Waals surface area contributed by atoms with Gasteiger partial charge < -0.3 is 22.1 Å². The van der Waals surface area contributed by atoms with Crippen LogP contribution in [0, 0.1) is 12.8 Å². The molecule has 8 heteroatoms. The Morgan fingerprint density at radius 1 is 1.24 bits per heavy atom. The Bertz CT molecular complexity index is 905. The second-order valence-corrected chi connectivity index (χ2v) is 8.18. The van der Waals surface area contributed by atoms with Crippen molar-refractivity contribution in [2.75, 3.05) is 11.9 Å². The number of carbonyl (C=O) groups excluding carboxylic acids is 1. The van der Waals surface area contributed by atoms with Crippen molar-refractivity contribution in [3.8, 4) is 0 Å². The molecule has 0 aliphatic heterocycles. The molecule has 1 aliphatic rings. The summed E-state index contributed by atoms with van der Waals surface area (Å²) in [5.41, 5.74) is 13.1. The summed E-state index contributed by atoms with van der Waals surface area (Å²) in [7, 11) is 0. The molecule has 29 heavy (non-hydrogen) atoms. The lowest BCUT2D eigenvalue weighted by Crippen LogP contribution is -2.38. The first-order chi connectivity index (χ1) is 13.8. The van der Waals surface area contributed by atoms with E-state index in [1.165, 1.54) is 0 Å². The number of amides is 1. The molecule has 3 rings (SSSR count). The van der Waals surface area contributed by atoms with Crippen LogP contribution in [0.15, 0.2) is 23.2 Å². The van der Waals surface area contributed by atoms with Gasteiger partial charge in [0.05, 0.1) is 17.6 Å². The highest BCUT2D eigenvalue weighted by atomic mass is 16.2. The van der Waals surface area contributed by atoms with Crippen molar-refractivity contribution in [1.29, 1.82) is 0 Å². The van der Waals surface area contributed by atoms with E-state index in [0.29, 0.717) is 18.3 Å². The van der Waals surface area contributed by atoms with Crippen molar-refractivity contribution < 1.29 is 4.79 Å². The molecule has 2 atom stereocenters. The number of hydrogen-bond acceptors (Lipinski definition) is 5. The third kappa shape index (κ3) is 5.34. The van der Waals surface area contributed by atoms with E-state index in [1.54, 1.807) is 0 Å². The monoisotopic (exact) mass is 397 g/mol. The van der Waals surface area contributed by atoms with Crippen LogP contribution in [0.5, 0.6) is 0 Å². The molecule has 1 fully saturated rings. The summed E-state index contributed by atoms with van der Waals surface area (Å²) >= 11 is 0. The normalized spacial score (nSPS) is 19.2. The third-order valence-electron chi connectivity index (χ3n) is 5.09. The Hall–Kier alpha value is -2.90. The first kappa shape index (κ1) is 20.8. The molecule has 8 nitrogen and oxygen atoms in total. The molecule has 0 spiro atoms. The molecule has 1 amide bonds. The first-order valence-electron chi connectivity index (χ1n) is 10.3. The van der Waals surface area contributed by atoms with Crippen molar-refractivity contribution in [2.45, 2.75) is 58.5 Å². The van der Waals surface area contributed by atoms with Crippen LogP contribution in [-0.4, -0.2) is 40.5 Å². The molecule has 0 radical (unpaired) electrons. The zero-order valence-corrected chi connectivity index (χ0v) is 17.4. The lowest BCUT2D eigenvalue weighted by molar-refractivity contribution is 0.0939. The molecular weight excluding hydrogens is 366 g/mol. The van der Waals surface area contributed by atoms with Gasteiger partial charge in [-0.3, -0.25) is 4.79 Å². The molecule has 2 aromatic rings. The molecule has 1 aromatic heterocycles. The topological polar surface area (TPSA) is 131 Å². The number of carbonyl (C=O) groups is 1. The molecule has 1 heterocycles. The van der Waals surface area contributed by atoms with Crippen LogP contribution in [0.1, 0.15) is 55.7 Å². The maximum atomic E-state index is 12.6. The Kier molecular flexibility index (Phi) is 6.51. The number of guanidine groups is 1. The van der Waals surface area contributed by atoms with Gasteiger partial charge in [-0.25, -0.2) is 15.0 Å². The van der Waals surface area contributed by atoms with Gasteiger partial charge in [-0.2, -0.15) is 0 Å². The second kappa shape index (κ2) is 9.07. The molecular formula is C21H31N7O. The summed E-state index contributed by atoms with van der Waals surface area (Å²) in [6.45, 7) is 6.69. The highest BCUT2D eigenvalue weighted by Crippen LogP contribution is 2.28. The number of rotatable bonds is 6. The van der Waals surface area contributed by atoms with Crippen LogP contribution >= 0.6 is 0 Å². The molecule has 1 saturated carbocycles. The first-order valence-corrected chi connectivity index (χ1v) is 10.3. The van der Waals surface area contributed by atoms with E-state index in [1.807, 2.05) is 39.0 Å². The minimum absolute atomic E-state index is 0.0122. The van der Waals surface area contributed by atoms with E-state index in [4.69, 9.17) is 11.5 Å². The summed E-state index contributed by atoms with van der Waals surface area (Å²) in [4.78, 5) is 26.1. The van der Waals surface area contributed by atoms with Crippen LogP contribution < -0.4 is 22.1 Å². The quantitative estimate of drug-likeness (QED) is 0.437. The van der Waals surface area contributed by atoms with Crippen molar-refractivity contribution in [1.82, 2.24) is 15.3 Å². The predicted molar refractivity (Wildman–Crippen MR) is 117 cm³/mol. The average Bonchev–Trinajstić information content (AvgIpc) is 2.67. The van der Waals surface area contributed by atoms with Crippen molar-refractivity contribution in [3.63, 3.8) is 0 Å². The molecule has 0 saturated heterocycles. The number of nitrogens with one attached hydrogen (secondary N) is 2. The number of benzene rings is 1. The number of nitrogens with zero attached hydrogens (tertiary/aromatic N) is 3. The summed E-state index contributed by atoms with van der Waals surface area (Å²) in [5.74, 6) is 0.992. The van der Waals surface area contributed by atoms with Crippen LogP contribution in [0.25, 0.3) is 10.9 Å². The van der Waals surface area contributed by atoms with Gasteiger partial charge in [0, 0.05) is 11.9 Å². The van der Waals surface area contributed by atoms with E-state index in [2.05, 4.69) is 25.6 Å². The largest absolute Gasteiger partial charge is 0.370 e. The van der Waals surface area contributed by atoms with Crippen molar-refractivity contribution in [2.24, 2.45) is 22.4 Å². The zero-order chi connectivity index (χ0) is 21.0. The predicted octanol–water partition coefficient (Wildman–Crippen LogP) is 2.32. The number of fused-ring (bicyclic) bond motifs is 1. The molecule has 6 N–H and O–H groups in total. The highest BCUT2D eigenvalue weighted by Gasteiger charge is 2.26. The van der Waals surface area contributed by atoms with Gasteiger partial charge in [-0.05, 0) is 37.8 Å². The highest BCUT2D eigenvalue weighted by molar-refractivity contribution is 5.96. The summed E-state index contributed by atoms with van der Waals surface area (Å²) < 4.78 is 0. The van der Waals surface area contributed by atoms with Crippen molar-refractivity contribution in [3.05, 3.63) is 29.6 Å². The number of aliphatic imine (C=N–C) groups is 1. The second-order valence-electron chi connectivity index (χ2n) is 8.18. The van der Waals surface area contributed by atoms with Crippen LogP contribution in [0.3, 0.4) is 0 Å². The van der Waals surface area contributed by atoms with Crippen LogP contribution in [0.2, 0.25) is 0 Å². The maximum Gasteiger partial charge on any atom is 0.289 e. The van der Waals surface area contributed by atoms with Crippen LogP contribution in [0.4, 0.5) is 5.82 Å². The SMILES string of the molecule is Cc1ccc2nc(C(=O)NCC(C)C)nc(NC3CCCCC3N=C(N)N)c2c1. The standard InChI is InChI=1S/C21H31N7O/c1-12(2)11-24-20(29)19-25-15-9-8-13(3)10-14(15)18(28-19)26-16-6-4-5-7-17(16)27-21(22)23/h8-10,12,16-17H,4-7,11H2,1-3H3,(H,24,29)(H4,22,23,27)(H,25,26,28). The number of hydrogen-bond donors (Lipinski definition) is 4. The molecule has 1 aliphatic carbocycles. The molecule has 156 valence electrons. The third-order valence-corrected chi connectivity index (χ3v) is 5.09. The van der Waals surface area contributed by atoms with E-state index < -0.39 is 0 Å². The van der Waals surface area contributed by atoms with Gasteiger partial charge in [0.2, 0.25) is 5.82 Å². The fraction of sp³-hybridized carbons (Fsp3) is 0.524. The summed E-state index contributed by atoms with van der Waals surface area (Å²) in [6, 6.07) is 5.98. The zero-order valence-electron chi connectivity index (χ0n) is 17.4. The van der Waals surface area contributed by atoms with E-state index in [0.717, 1.165) is 42.1 Å². The number of aryl methyl sites for hydroxylation is 1. The summed E-state index contributed by atoms with van der Waals surface area (Å²) in [6.07, 6.45) is 4.04. The van der Waals surface area contributed by atoms with Gasteiger partial charge in [0.25, 0.3) is 5.91 Å². The van der Waals surface area contributed by atoms with Crippen molar-refractivity contribution >= 4 is 28.6 Å². The Morgan fingerprint density at radius 2 is 2.00 bits per heavy atom. The Balaban J connectivity index is 1.96. The summed E-state index contributed by atoms with van der Waals surface area (Å²) in [5, 5.41) is 7.30. The van der Waals surface area contributed by atoms with E-state index in [-0.39, 0.29) is 29.8 Å². The fourth-order valence-corrected chi connectivity index (χ4v) is 3.63. The minimum Gasteiger partial charge on any atom is -0.370 e. The van der Waals surface area contributed by atoms with Crippen LogP contribution in [-0.2, 0) is 0 Å². The van der Waals surface area contributed by atoms with Gasteiger partial charge in [-0.15, -0.1) is 0 Å². The Morgan fingerprint density at radius 3 is 2.72 bits per heavy atom. The van der Waals surface area contributed by atoms with Gasteiger partial charge in [-0.1, -0.05) is 38.3 Å². The maximum absolute atomic E-state index is 12.6. The average molecular weight is 398 g/mol. The van der Waals surface area contributed by atoms with E-state index >= 15 is 0 Å². The lowest BCUT2D eigenvalue weighted by Gasteiger charge is -2.30. The van der Waals surface area contributed by atoms with Gasteiger partial charge in [0.1, 0.15) is 5.82 Å². The Labute approximate surface area is 171 Å². The number of anilines is 1. The smallest absolute Gasteiger partial charge is 0.289 e. The fourth-order valence-electron chi connectivity index (χ4n) is 3.63.